The molecule has 3 atom stereocenters. The minimum Gasteiger partial charge on any atom is -0.351 e. The Morgan fingerprint density at radius 1 is 1.33 bits per heavy atom. The predicted molar refractivity (Wildman–Crippen MR) is 60.8 cm³/mol. The molecule has 3 unspecified atom stereocenters. The zero-order valence-corrected chi connectivity index (χ0v) is 9.15. The van der Waals surface area contributed by atoms with E-state index in [0.29, 0.717) is 18.1 Å². The Morgan fingerprint density at radius 3 is 3.07 bits per heavy atom. The number of hydrogen-bond acceptors (Lipinski definition) is 4. The van der Waals surface area contributed by atoms with Gasteiger partial charge in [0.1, 0.15) is 0 Å². The summed E-state index contributed by atoms with van der Waals surface area (Å²) in [5.41, 5.74) is 5.86. The summed E-state index contributed by atoms with van der Waals surface area (Å²) in [7, 11) is 0. The molecule has 2 fully saturated rings. The van der Waals surface area contributed by atoms with E-state index in [1.165, 1.54) is 25.7 Å². The van der Waals surface area contributed by atoms with Crippen molar-refractivity contribution in [2.75, 3.05) is 13.1 Å². The van der Waals surface area contributed by atoms with Crippen LogP contribution in [0.2, 0.25) is 0 Å². The topological polar surface area (TPSA) is 53.6 Å². The summed E-state index contributed by atoms with van der Waals surface area (Å²) >= 11 is 0. The van der Waals surface area contributed by atoms with Crippen LogP contribution in [0.5, 0.6) is 0 Å². The van der Waals surface area contributed by atoms with Gasteiger partial charge in [0.2, 0.25) is 0 Å². The Hall–Kier alpha value is -0.770. The molecule has 0 aromatic rings. The number of rotatable bonds is 1. The molecule has 1 aliphatic carbocycles. The zero-order valence-electron chi connectivity index (χ0n) is 9.15. The van der Waals surface area contributed by atoms with Gasteiger partial charge in [-0.25, -0.2) is 0 Å². The van der Waals surface area contributed by atoms with Crippen molar-refractivity contribution in [3.63, 3.8) is 0 Å². The molecule has 4 heteroatoms. The lowest BCUT2D eigenvalue weighted by atomic mass is 9.90. The maximum atomic E-state index is 5.86. The third kappa shape index (κ3) is 1.42. The molecule has 0 aromatic heterocycles. The smallest absolute Gasteiger partial charge is 0.194 e. The second kappa shape index (κ2) is 3.67. The summed E-state index contributed by atoms with van der Waals surface area (Å²) in [6, 6.07) is 1.84. The molecule has 2 aliphatic heterocycles. The lowest BCUT2D eigenvalue weighted by molar-refractivity contribution is 0.191. The van der Waals surface area contributed by atoms with Gasteiger partial charge in [-0.1, -0.05) is 12.8 Å². The van der Waals surface area contributed by atoms with Gasteiger partial charge in [-0.15, -0.1) is 0 Å². The second-order valence-electron chi connectivity index (χ2n) is 4.89. The van der Waals surface area contributed by atoms with Crippen molar-refractivity contribution >= 4 is 5.96 Å². The number of aliphatic imine (C=N–C) groups is 1. The quantitative estimate of drug-likeness (QED) is 0.651. The van der Waals surface area contributed by atoms with Gasteiger partial charge in [0.15, 0.2) is 5.96 Å². The van der Waals surface area contributed by atoms with E-state index in [0.717, 1.165) is 25.5 Å². The average Bonchev–Trinajstić information content (AvgIpc) is 2.67. The second-order valence-corrected chi connectivity index (χ2v) is 4.89. The molecule has 0 aromatic carbocycles. The average molecular weight is 208 g/mol. The maximum Gasteiger partial charge on any atom is 0.194 e. The maximum absolute atomic E-state index is 5.86. The van der Waals surface area contributed by atoms with Crippen LogP contribution in [0.4, 0.5) is 0 Å². The van der Waals surface area contributed by atoms with E-state index in [-0.39, 0.29) is 0 Å². The van der Waals surface area contributed by atoms with Gasteiger partial charge in [0.05, 0.1) is 6.04 Å². The van der Waals surface area contributed by atoms with Gasteiger partial charge < -0.3 is 16.0 Å². The number of guanidine groups is 1. The largest absolute Gasteiger partial charge is 0.351 e. The fraction of sp³-hybridized carbons (Fsp3) is 0.909. The molecule has 0 amide bonds. The van der Waals surface area contributed by atoms with Crippen molar-refractivity contribution in [2.45, 2.75) is 50.2 Å². The highest BCUT2D eigenvalue weighted by atomic mass is 15.4. The highest BCUT2D eigenvalue weighted by molar-refractivity contribution is 5.84. The van der Waals surface area contributed by atoms with Crippen LogP contribution in [0.15, 0.2) is 4.99 Å². The Bertz CT molecular complexity index is 276. The Balaban J connectivity index is 1.86. The first-order valence-electron chi connectivity index (χ1n) is 6.19. The van der Waals surface area contributed by atoms with Crippen molar-refractivity contribution < 1.29 is 0 Å². The first-order valence-corrected chi connectivity index (χ1v) is 6.19. The van der Waals surface area contributed by atoms with Crippen molar-refractivity contribution in [1.29, 1.82) is 0 Å². The SMILES string of the molecule is NCC1CCN=C2NC3CCCCC3N21. The molecule has 0 spiro atoms. The van der Waals surface area contributed by atoms with Crippen LogP contribution in [0.3, 0.4) is 0 Å². The summed E-state index contributed by atoms with van der Waals surface area (Å²) in [5, 5.41) is 3.58. The minimum atomic E-state index is 0.526. The molecular formula is C11H20N4. The van der Waals surface area contributed by atoms with Gasteiger partial charge in [0, 0.05) is 25.2 Å². The van der Waals surface area contributed by atoms with Gasteiger partial charge in [-0.2, -0.15) is 0 Å². The van der Waals surface area contributed by atoms with E-state index in [4.69, 9.17) is 5.73 Å². The fourth-order valence-electron chi connectivity index (χ4n) is 3.27. The van der Waals surface area contributed by atoms with Gasteiger partial charge in [-0.05, 0) is 19.3 Å². The molecule has 2 heterocycles. The molecule has 3 N–H and O–H groups in total. The third-order valence-electron chi connectivity index (χ3n) is 4.04. The van der Waals surface area contributed by atoms with Gasteiger partial charge in [0.25, 0.3) is 0 Å². The number of nitrogens with zero attached hydrogens (tertiary/aromatic N) is 2. The summed E-state index contributed by atoms with van der Waals surface area (Å²) in [6.07, 6.45) is 6.47. The van der Waals surface area contributed by atoms with Crippen molar-refractivity contribution in [3.05, 3.63) is 0 Å². The Labute approximate surface area is 90.9 Å². The molecule has 0 radical (unpaired) electrons. The van der Waals surface area contributed by atoms with Crippen LogP contribution >= 0.6 is 0 Å². The highest BCUT2D eigenvalue weighted by Gasteiger charge is 2.42. The predicted octanol–water partition coefficient (Wildman–Crippen LogP) is 0.290. The minimum absolute atomic E-state index is 0.526. The number of nitrogens with two attached hydrogens (primary N) is 1. The van der Waals surface area contributed by atoms with Crippen LogP contribution in [0.25, 0.3) is 0 Å². The van der Waals surface area contributed by atoms with Crippen LogP contribution < -0.4 is 11.1 Å². The van der Waals surface area contributed by atoms with E-state index in [9.17, 15) is 0 Å². The molecule has 1 saturated carbocycles. The summed E-state index contributed by atoms with van der Waals surface area (Å²) in [6.45, 7) is 1.71. The Morgan fingerprint density at radius 2 is 2.20 bits per heavy atom. The first-order chi connectivity index (χ1) is 7.40. The summed E-state index contributed by atoms with van der Waals surface area (Å²) in [4.78, 5) is 7.07. The first kappa shape index (κ1) is 9.46. The number of fused-ring (bicyclic) bond motifs is 3. The standard InChI is InChI=1S/C11H20N4/c12-7-8-5-6-13-11-14-9-3-1-2-4-10(9)15(8)11/h8-10H,1-7,12H2,(H,13,14). The highest BCUT2D eigenvalue weighted by Crippen LogP contribution is 2.31. The zero-order chi connectivity index (χ0) is 10.3. The van der Waals surface area contributed by atoms with Crippen LogP contribution in [0, 0.1) is 0 Å². The Kier molecular flexibility index (Phi) is 2.31. The lowest BCUT2D eigenvalue weighted by Crippen LogP contribution is -2.50. The summed E-state index contributed by atoms with van der Waals surface area (Å²) in [5.74, 6) is 1.13. The monoisotopic (exact) mass is 208 g/mol. The fourth-order valence-corrected chi connectivity index (χ4v) is 3.27. The van der Waals surface area contributed by atoms with Crippen LogP contribution in [-0.2, 0) is 0 Å². The van der Waals surface area contributed by atoms with E-state index < -0.39 is 0 Å². The molecule has 3 rings (SSSR count). The van der Waals surface area contributed by atoms with Gasteiger partial charge in [-0.3, -0.25) is 4.99 Å². The molecule has 4 nitrogen and oxygen atoms in total. The van der Waals surface area contributed by atoms with Crippen molar-refractivity contribution in [1.82, 2.24) is 10.2 Å². The van der Waals surface area contributed by atoms with Crippen molar-refractivity contribution in [3.8, 4) is 0 Å². The molecule has 15 heavy (non-hydrogen) atoms. The van der Waals surface area contributed by atoms with Crippen LogP contribution in [-0.4, -0.2) is 42.1 Å². The molecule has 84 valence electrons. The van der Waals surface area contributed by atoms with E-state index >= 15 is 0 Å². The van der Waals surface area contributed by atoms with E-state index in [2.05, 4.69) is 15.2 Å². The van der Waals surface area contributed by atoms with Crippen molar-refractivity contribution in [2.24, 2.45) is 10.7 Å². The molecule has 3 aliphatic rings. The lowest BCUT2D eigenvalue weighted by Gasteiger charge is -2.37. The molecule has 0 bridgehead atoms. The molecular weight excluding hydrogens is 188 g/mol. The number of nitrogens with one attached hydrogen (secondary N) is 1. The summed E-state index contributed by atoms with van der Waals surface area (Å²) < 4.78 is 0. The van der Waals surface area contributed by atoms with Gasteiger partial charge >= 0.3 is 0 Å². The van der Waals surface area contributed by atoms with E-state index in [1.54, 1.807) is 0 Å². The third-order valence-corrected chi connectivity index (χ3v) is 4.04. The van der Waals surface area contributed by atoms with E-state index in [1.807, 2.05) is 0 Å². The molecule has 1 saturated heterocycles. The number of hydrogen-bond donors (Lipinski definition) is 2. The normalized spacial score (nSPS) is 39.1. The van der Waals surface area contributed by atoms with Crippen LogP contribution in [0.1, 0.15) is 32.1 Å².